The number of H-pyrrole nitrogens is 1. The van der Waals surface area contributed by atoms with E-state index in [1.54, 1.807) is 13.8 Å². The third-order valence-corrected chi connectivity index (χ3v) is 3.03. The molecule has 0 bridgehead atoms. The first kappa shape index (κ1) is 15.4. The number of hydrogen-bond donors (Lipinski definition) is 3. The average molecular weight is 300 g/mol. The molecule has 0 radical (unpaired) electrons. The van der Waals surface area contributed by atoms with E-state index in [1.165, 1.54) is 18.2 Å². The van der Waals surface area contributed by atoms with Crippen LogP contribution in [-0.4, -0.2) is 22.2 Å². The number of nitrogens with one attached hydrogen (secondary N) is 2. The van der Waals surface area contributed by atoms with E-state index in [0.29, 0.717) is 11.8 Å². The number of alkyl halides is 3. The quantitative estimate of drug-likeness (QED) is 0.816. The van der Waals surface area contributed by atoms with Gasteiger partial charge >= 0.3 is 6.18 Å². The van der Waals surface area contributed by atoms with Crippen LogP contribution in [-0.2, 0) is 6.18 Å². The van der Waals surface area contributed by atoms with Crippen molar-refractivity contribution in [2.75, 3.05) is 11.9 Å². The fourth-order valence-electron chi connectivity index (χ4n) is 2.00. The van der Waals surface area contributed by atoms with Crippen LogP contribution in [0.15, 0.2) is 29.1 Å². The molecule has 1 aromatic heterocycles. The molecule has 0 aliphatic carbocycles. The Morgan fingerprint density at radius 1 is 1.24 bits per heavy atom. The molecule has 0 atom stereocenters. The number of fused-ring (bicyclic) bond motifs is 1. The van der Waals surface area contributed by atoms with Gasteiger partial charge in [0.15, 0.2) is 0 Å². The molecule has 1 aromatic carbocycles. The Hall–Kier alpha value is -2.02. The van der Waals surface area contributed by atoms with Crippen LogP contribution in [0.5, 0.6) is 0 Å². The number of hydrogen-bond acceptors (Lipinski definition) is 3. The summed E-state index contributed by atoms with van der Waals surface area (Å²) in [6.07, 6.45) is -4.59. The predicted octanol–water partition coefficient (Wildman–Crippen LogP) is 2.73. The van der Waals surface area contributed by atoms with E-state index < -0.39 is 22.8 Å². The molecule has 0 aliphatic heterocycles. The van der Waals surface area contributed by atoms with Gasteiger partial charge in [0.1, 0.15) is 0 Å². The number of aliphatic hydroxyl groups excluding tert-OH is 1. The molecule has 0 spiro atoms. The lowest BCUT2D eigenvalue weighted by Crippen LogP contribution is -2.34. The molecule has 1 heterocycles. The van der Waals surface area contributed by atoms with E-state index in [-0.39, 0.29) is 17.5 Å². The van der Waals surface area contributed by atoms with Crippen LogP contribution in [0, 0.1) is 0 Å². The number of benzene rings is 1. The van der Waals surface area contributed by atoms with Crippen LogP contribution in [0.3, 0.4) is 0 Å². The summed E-state index contributed by atoms with van der Waals surface area (Å²) in [4.78, 5) is 13.8. The van der Waals surface area contributed by atoms with E-state index in [1.807, 2.05) is 0 Å². The summed E-state index contributed by atoms with van der Waals surface area (Å²) in [5.41, 5.74) is -1.80. The molecule has 3 N–H and O–H groups in total. The maximum absolute atomic E-state index is 12.9. The second-order valence-electron chi connectivity index (χ2n) is 5.47. The molecule has 0 unspecified atom stereocenters. The van der Waals surface area contributed by atoms with Crippen molar-refractivity contribution in [2.24, 2.45) is 0 Å². The Kier molecular flexibility index (Phi) is 3.71. The molecular weight excluding hydrogens is 285 g/mol. The monoisotopic (exact) mass is 300 g/mol. The predicted molar refractivity (Wildman–Crippen MR) is 74.4 cm³/mol. The van der Waals surface area contributed by atoms with Crippen molar-refractivity contribution in [1.29, 1.82) is 0 Å². The number of aromatic amines is 1. The second kappa shape index (κ2) is 5.07. The number of aliphatic hydroxyl groups is 1. The summed E-state index contributed by atoms with van der Waals surface area (Å²) >= 11 is 0. The number of rotatable bonds is 3. The second-order valence-corrected chi connectivity index (χ2v) is 5.47. The number of halogens is 3. The highest BCUT2D eigenvalue weighted by Crippen LogP contribution is 2.34. The van der Waals surface area contributed by atoms with Crippen LogP contribution >= 0.6 is 0 Å². The SMILES string of the molecule is CC(C)(CO)Nc1ccc2c(C(F)(F)F)cc(=O)[nH]c2c1. The molecule has 114 valence electrons. The van der Waals surface area contributed by atoms with Crippen LogP contribution in [0.4, 0.5) is 18.9 Å². The van der Waals surface area contributed by atoms with Gasteiger partial charge in [-0.15, -0.1) is 0 Å². The largest absolute Gasteiger partial charge is 0.417 e. The third kappa shape index (κ3) is 3.36. The van der Waals surface area contributed by atoms with Gasteiger partial charge in [-0.2, -0.15) is 13.2 Å². The normalized spacial score (nSPS) is 12.7. The van der Waals surface area contributed by atoms with Crippen LogP contribution < -0.4 is 10.9 Å². The zero-order chi connectivity index (χ0) is 15.8. The van der Waals surface area contributed by atoms with Crippen molar-refractivity contribution in [3.05, 3.63) is 40.2 Å². The lowest BCUT2D eigenvalue weighted by atomic mass is 10.0. The fraction of sp³-hybridized carbons (Fsp3) is 0.357. The maximum atomic E-state index is 12.9. The van der Waals surface area contributed by atoms with Crippen molar-refractivity contribution in [2.45, 2.75) is 25.6 Å². The first-order valence-electron chi connectivity index (χ1n) is 6.26. The molecular formula is C14H15F3N2O2. The van der Waals surface area contributed by atoms with E-state index in [9.17, 15) is 23.1 Å². The smallest absolute Gasteiger partial charge is 0.394 e. The number of pyridine rings is 1. The molecule has 2 aromatic rings. The zero-order valence-electron chi connectivity index (χ0n) is 11.5. The summed E-state index contributed by atoms with van der Waals surface area (Å²) in [5, 5.41) is 12.1. The van der Waals surface area contributed by atoms with E-state index in [2.05, 4.69) is 10.3 Å². The first-order valence-corrected chi connectivity index (χ1v) is 6.26. The van der Waals surface area contributed by atoms with Crippen molar-refractivity contribution in [3.63, 3.8) is 0 Å². The van der Waals surface area contributed by atoms with Crippen LogP contribution in [0.2, 0.25) is 0 Å². The molecule has 0 saturated heterocycles. The molecule has 2 rings (SSSR count). The minimum atomic E-state index is -4.59. The Morgan fingerprint density at radius 3 is 2.48 bits per heavy atom. The fourth-order valence-corrected chi connectivity index (χ4v) is 2.00. The van der Waals surface area contributed by atoms with E-state index in [4.69, 9.17) is 0 Å². The van der Waals surface area contributed by atoms with Gasteiger partial charge in [0.25, 0.3) is 0 Å². The highest BCUT2D eigenvalue weighted by Gasteiger charge is 2.33. The minimum Gasteiger partial charge on any atom is -0.394 e. The van der Waals surface area contributed by atoms with Gasteiger partial charge in [-0.1, -0.05) is 6.07 Å². The van der Waals surface area contributed by atoms with E-state index >= 15 is 0 Å². The standard InChI is InChI=1S/C14H15F3N2O2/c1-13(2,7-20)19-8-3-4-9-10(14(15,16)17)6-12(21)18-11(9)5-8/h3-6,19-20H,7H2,1-2H3,(H,18,21). The van der Waals surface area contributed by atoms with Crippen LogP contribution in [0.1, 0.15) is 19.4 Å². The molecule has 21 heavy (non-hydrogen) atoms. The Labute approximate surface area is 118 Å². The highest BCUT2D eigenvalue weighted by atomic mass is 19.4. The summed E-state index contributed by atoms with van der Waals surface area (Å²) in [7, 11) is 0. The Bertz CT molecular complexity index is 720. The van der Waals surface area contributed by atoms with Gasteiger partial charge in [0, 0.05) is 17.1 Å². The van der Waals surface area contributed by atoms with Crippen molar-refractivity contribution < 1.29 is 18.3 Å². The van der Waals surface area contributed by atoms with Crippen molar-refractivity contribution in [1.82, 2.24) is 4.98 Å². The molecule has 4 nitrogen and oxygen atoms in total. The first-order chi connectivity index (χ1) is 9.62. The third-order valence-electron chi connectivity index (χ3n) is 3.03. The van der Waals surface area contributed by atoms with Gasteiger partial charge in [-0.3, -0.25) is 4.79 Å². The minimum absolute atomic E-state index is 0.0746. The lowest BCUT2D eigenvalue weighted by Gasteiger charge is -2.25. The molecule has 7 heteroatoms. The van der Waals surface area contributed by atoms with Crippen LogP contribution in [0.25, 0.3) is 10.9 Å². The summed E-state index contributed by atoms with van der Waals surface area (Å²) in [6, 6.07) is 4.74. The van der Waals surface area contributed by atoms with Gasteiger partial charge in [-0.25, -0.2) is 0 Å². The summed E-state index contributed by atoms with van der Waals surface area (Å²) < 4.78 is 38.8. The number of anilines is 1. The average Bonchev–Trinajstić information content (AvgIpc) is 2.35. The zero-order valence-corrected chi connectivity index (χ0v) is 11.5. The topological polar surface area (TPSA) is 65.1 Å². The van der Waals surface area contributed by atoms with Gasteiger partial charge in [-0.05, 0) is 26.0 Å². The highest BCUT2D eigenvalue weighted by molar-refractivity contribution is 5.85. The maximum Gasteiger partial charge on any atom is 0.417 e. The summed E-state index contributed by atoms with van der Waals surface area (Å²) in [5.74, 6) is 0. The number of aromatic nitrogens is 1. The molecule has 0 saturated carbocycles. The lowest BCUT2D eigenvalue weighted by molar-refractivity contribution is -0.136. The van der Waals surface area contributed by atoms with E-state index in [0.717, 1.165) is 0 Å². The molecule has 0 fully saturated rings. The van der Waals surface area contributed by atoms with Gasteiger partial charge < -0.3 is 15.4 Å². The molecule has 0 amide bonds. The van der Waals surface area contributed by atoms with Crippen molar-refractivity contribution in [3.8, 4) is 0 Å². The Balaban J connectivity index is 2.57. The van der Waals surface area contributed by atoms with Gasteiger partial charge in [0.05, 0.1) is 23.2 Å². The van der Waals surface area contributed by atoms with Crippen molar-refractivity contribution >= 4 is 16.6 Å². The summed E-state index contributed by atoms with van der Waals surface area (Å²) in [6.45, 7) is 3.34. The van der Waals surface area contributed by atoms with Gasteiger partial charge in [0.2, 0.25) is 5.56 Å². The Morgan fingerprint density at radius 2 is 1.90 bits per heavy atom. The molecule has 0 aliphatic rings.